The summed E-state index contributed by atoms with van der Waals surface area (Å²) in [5.74, 6) is 1.45. The fourth-order valence-corrected chi connectivity index (χ4v) is 3.43. The van der Waals surface area contributed by atoms with Crippen LogP contribution in [-0.2, 0) is 6.61 Å². The maximum atomic E-state index is 12.6. The van der Waals surface area contributed by atoms with Gasteiger partial charge in [0.1, 0.15) is 23.7 Å². The van der Waals surface area contributed by atoms with Gasteiger partial charge in [0, 0.05) is 5.39 Å². The molecule has 150 valence electrons. The molecule has 4 rings (SSSR count). The van der Waals surface area contributed by atoms with Crippen molar-refractivity contribution in [2.75, 3.05) is 7.11 Å². The Balaban J connectivity index is 1.66. The van der Waals surface area contributed by atoms with Crippen molar-refractivity contribution >= 4 is 17.0 Å². The maximum absolute atomic E-state index is 12.6. The van der Waals surface area contributed by atoms with Crippen molar-refractivity contribution < 1.29 is 13.9 Å². The van der Waals surface area contributed by atoms with Crippen molar-refractivity contribution in [2.24, 2.45) is 0 Å². The summed E-state index contributed by atoms with van der Waals surface area (Å²) in [5.41, 5.74) is 4.50. The molecule has 0 unspecified atom stereocenters. The summed E-state index contributed by atoms with van der Waals surface area (Å²) in [6.07, 6.45) is 1.81. The monoisotopic (exact) mass is 398 g/mol. The third kappa shape index (κ3) is 3.85. The van der Waals surface area contributed by atoms with Gasteiger partial charge in [0.15, 0.2) is 0 Å². The summed E-state index contributed by atoms with van der Waals surface area (Å²) in [6, 6.07) is 20.9. The summed E-state index contributed by atoms with van der Waals surface area (Å²) in [5, 5.41) is 0.847. The molecule has 4 heteroatoms. The van der Waals surface area contributed by atoms with Gasteiger partial charge in [0.25, 0.3) is 0 Å². The molecule has 0 fully saturated rings. The Kier molecular flexibility index (Phi) is 5.40. The largest absolute Gasteiger partial charge is 0.497 e. The van der Waals surface area contributed by atoms with Gasteiger partial charge in [-0.3, -0.25) is 0 Å². The maximum Gasteiger partial charge on any atom is 0.344 e. The van der Waals surface area contributed by atoms with Crippen LogP contribution in [0.3, 0.4) is 0 Å². The first-order chi connectivity index (χ1) is 14.6. The van der Waals surface area contributed by atoms with Gasteiger partial charge in [0.2, 0.25) is 0 Å². The molecule has 4 aromatic rings. The summed E-state index contributed by atoms with van der Waals surface area (Å²) >= 11 is 0. The average Bonchev–Trinajstić information content (AvgIpc) is 2.78. The van der Waals surface area contributed by atoms with Gasteiger partial charge in [-0.1, -0.05) is 49.1 Å². The molecular weight excluding hydrogens is 376 g/mol. The molecule has 0 amide bonds. The molecule has 0 saturated heterocycles. The fourth-order valence-electron chi connectivity index (χ4n) is 3.43. The van der Waals surface area contributed by atoms with E-state index in [1.807, 2.05) is 73.7 Å². The highest BCUT2D eigenvalue weighted by Gasteiger charge is 2.14. The molecule has 4 nitrogen and oxygen atoms in total. The van der Waals surface area contributed by atoms with Crippen molar-refractivity contribution in [3.63, 3.8) is 0 Å². The number of methoxy groups -OCH3 is 1. The van der Waals surface area contributed by atoms with Gasteiger partial charge < -0.3 is 13.9 Å². The van der Waals surface area contributed by atoms with Crippen LogP contribution in [0, 0.1) is 6.92 Å². The van der Waals surface area contributed by atoms with Gasteiger partial charge >= 0.3 is 5.63 Å². The molecule has 0 aliphatic rings. The Bertz CT molecular complexity index is 1250. The summed E-state index contributed by atoms with van der Waals surface area (Å²) in [6.45, 7) is 6.14. The van der Waals surface area contributed by atoms with Crippen LogP contribution in [0.15, 0.2) is 82.5 Å². The fraction of sp³-hybridized carbons (Fsp3) is 0.115. The highest BCUT2D eigenvalue weighted by atomic mass is 16.5. The second-order valence-corrected chi connectivity index (χ2v) is 7.01. The zero-order chi connectivity index (χ0) is 21.1. The molecule has 30 heavy (non-hydrogen) atoms. The lowest BCUT2D eigenvalue weighted by Gasteiger charge is -2.11. The minimum Gasteiger partial charge on any atom is -0.497 e. The molecule has 1 heterocycles. The van der Waals surface area contributed by atoms with Gasteiger partial charge in [-0.2, -0.15) is 0 Å². The number of aryl methyl sites for hydroxylation is 1. The van der Waals surface area contributed by atoms with Crippen LogP contribution < -0.4 is 15.1 Å². The molecule has 0 spiro atoms. The van der Waals surface area contributed by atoms with Crippen LogP contribution in [-0.4, -0.2) is 7.11 Å². The number of ether oxygens (including phenoxy) is 2. The van der Waals surface area contributed by atoms with Crippen molar-refractivity contribution in [3.05, 3.63) is 100 Å². The van der Waals surface area contributed by atoms with Gasteiger partial charge in [-0.25, -0.2) is 4.79 Å². The van der Waals surface area contributed by atoms with E-state index in [0.29, 0.717) is 23.5 Å². The van der Waals surface area contributed by atoms with Crippen LogP contribution in [0.4, 0.5) is 0 Å². The lowest BCUT2D eigenvalue weighted by molar-refractivity contribution is 0.306. The van der Waals surface area contributed by atoms with E-state index in [4.69, 9.17) is 13.9 Å². The Labute approximate surface area is 175 Å². The van der Waals surface area contributed by atoms with Crippen LogP contribution in [0.1, 0.15) is 16.7 Å². The lowest BCUT2D eigenvalue weighted by atomic mass is 9.99. The van der Waals surface area contributed by atoms with Crippen LogP contribution in [0.2, 0.25) is 0 Å². The van der Waals surface area contributed by atoms with E-state index in [2.05, 4.69) is 6.58 Å². The highest BCUT2D eigenvalue weighted by Crippen LogP contribution is 2.30. The van der Waals surface area contributed by atoms with Crippen LogP contribution in [0.25, 0.3) is 28.2 Å². The first-order valence-corrected chi connectivity index (χ1v) is 9.65. The Morgan fingerprint density at radius 2 is 1.67 bits per heavy atom. The standard InChI is InChI=1S/C26H22O4/c1-4-18-5-7-19(8-6-18)16-29-22-13-14-24-23(15-22)17(2)25(26(27)30-24)20-9-11-21(28-3)12-10-20/h4-15H,1,16H2,2-3H3. The second-order valence-electron chi connectivity index (χ2n) is 7.01. The van der Waals surface area contributed by atoms with E-state index < -0.39 is 0 Å². The molecule has 0 radical (unpaired) electrons. The smallest absolute Gasteiger partial charge is 0.344 e. The van der Waals surface area contributed by atoms with Crippen molar-refractivity contribution in [1.29, 1.82) is 0 Å². The van der Waals surface area contributed by atoms with Crippen LogP contribution >= 0.6 is 0 Å². The molecule has 1 aromatic heterocycles. The SMILES string of the molecule is C=Cc1ccc(COc2ccc3oc(=O)c(-c4ccc(OC)cc4)c(C)c3c2)cc1. The van der Waals surface area contributed by atoms with Crippen molar-refractivity contribution in [3.8, 4) is 22.6 Å². The van der Waals surface area contributed by atoms with E-state index in [9.17, 15) is 4.79 Å². The zero-order valence-corrected chi connectivity index (χ0v) is 17.0. The minimum absolute atomic E-state index is 0.360. The third-order valence-electron chi connectivity index (χ3n) is 5.14. The van der Waals surface area contributed by atoms with Crippen molar-refractivity contribution in [2.45, 2.75) is 13.5 Å². The first kappa shape index (κ1) is 19.5. The van der Waals surface area contributed by atoms with Gasteiger partial charge in [-0.05, 0) is 59.5 Å². The highest BCUT2D eigenvalue weighted by molar-refractivity contribution is 5.87. The molecule has 0 atom stereocenters. The predicted molar refractivity (Wildman–Crippen MR) is 120 cm³/mol. The number of fused-ring (bicyclic) bond motifs is 1. The predicted octanol–water partition coefficient (Wildman–Crippen LogP) is 6.00. The van der Waals surface area contributed by atoms with E-state index in [1.165, 1.54) is 0 Å². The molecule has 0 N–H and O–H groups in total. The molecule has 0 aliphatic carbocycles. The van der Waals surface area contributed by atoms with E-state index in [-0.39, 0.29) is 5.63 Å². The zero-order valence-electron chi connectivity index (χ0n) is 17.0. The minimum atomic E-state index is -0.360. The number of benzene rings is 3. The van der Waals surface area contributed by atoms with Gasteiger partial charge in [0.05, 0.1) is 12.7 Å². The van der Waals surface area contributed by atoms with E-state index in [1.54, 1.807) is 13.2 Å². The number of rotatable bonds is 6. The van der Waals surface area contributed by atoms with E-state index in [0.717, 1.165) is 33.4 Å². The quantitative estimate of drug-likeness (QED) is 0.374. The number of hydrogen-bond acceptors (Lipinski definition) is 4. The first-order valence-electron chi connectivity index (χ1n) is 9.65. The molecule has 0 saturated carbocycles. The number of hydrogen-bond donors (Lipinski definition) is 0. The Morgan fingerprint density at radius 1 is 0.967 bits per heavy atom. The topological polar surface area (TPSA) is 48.7 Å². The molecule has 0 bridgehead atoms. The second kappa shape index (κ2) is 8.29. The van der Waals surface area contributed by atoms with Gasteiger partial charge in [-0.15, -0.1) is 0 Å². The van der Waals surface area contributed by atoms with Crippen LogP contribution in [0.5, 0.6) is 11.5 Å². The Hall–Kier alpha value is -3.79. The van der Waals surface area contributed by atoms with Crippen molar-refractivity contribution in [1.82, 2.24) is 0 Å². The molecule has 0 aliphatic heterocycles. The summed E-state index contributed by atoms with van der Waals surface area (Å²) < 4.78 is 16.8. The average molecular weight is 398 g/mol. The molecule has 3 aromatic carbocycles. The Morgan fingerprint density at radius 3 is 2.33 bits per heavy atom. The normalized spacial score (nSPS) is 10.7. The summed E-state index contributed by atoms with van der Waals surface area (Å²) in [4.78, 5) is 12.6. The third-order valence-corrected chi connectivity index (χ3v) is 5.14. The lowest BCUT2D eigenvalue weighted by Crippen LogP contribution is -2.06. The summed E-state index contributed by atoms with van der Waals surface area (Å²) in [7, 11) is 1.61. The molecular formula is C26H22O4. The van der Waals surface area contributed by atoms with E-state index >= 15 is 0 Å².